The van der Waals surface area contributed by atoms with Crippen LogP contribution in [0.5, 0.6) is 0 Å². The van der Waals surface area contributed by atoms with Gasteiger partial charge in [-0.2, -0.15) is 0 Å². The molecule has 1 aromatic rings. The van der Waals surface area contributed by atoms with Crippen LogP contribution in [-0.4, -0.2) is 67.3 Å². The van der Waals surface area contributed by atoms with Crippen molar-refractivity contribution in [2.24, 2.45) is 16.6 Å². The van der Waals surface area contributed by atoms with Crippen molar-refractivity contribution in [3.05, 3.63) is 28.2 Å². The van der Waals surface area contributed by atoms with Crippen LogP contribution < -0.4 is 11.1 Å². The van der Waals surface area contributed by atoms with Gasteiger partial charge in [0.1, 0.15) is 33.4 Å². The summed E-state index contributed by atoms with van der Waals surface area (Å²) in [4.78, 5) is 58.9. The molecule has 0 saturated heterocycles. The lowest BCUT2D eigenvalue weighted by atomic mass is 10.0. The Balaban J connectivity index is 1.93. The van der Waals surface area contributed by atoms with Crippen LogP contribution in [-0.2, 0) is 30.5 Å². The molecule has 0 saturated carbocycles. The number of aliphatic carboxylic acids is 1. The molecule has 0 aliphatic carbocycles. The fourth-order valence-electron chi connectivity index (χ4n) is 4.02. The largest absolute Gasteiger partial charge is 0.481 e. The van der Waals surface area contributed by atoms with Crippen LogP contribution in [0.4, 0.5) is 0 Å². The quantitative estimate of drug-likeness (QED) is 0.107. The molecular weight excluding hydrogens is 597 g/mol. The summed E-state index contributed by atoms with van der Waals surface area (Å²) in [6.45, 7) is 7.73. The second-order valence-electron chi connectivity index (χ2n) is 10.7. The van der Waals surface area contributed by atoms with E-state index in [4.69, 9.17) is 10.5 Å². The van der Waals surface area contributed by atoms with Gasteiger partial charge in [-0.15, -0.1) is 23.1 Å². The first-order valence-electron chi connectivity index (χ1n) is 14.4. The third-order valence-electron chi connectivity index (χ3n) is 6.51. The summed E-state index contributed by atoms with van der Waals surface area (Å²) in [5.74, 6) is -1.62. The second kappa shape index (κ2) is 18.4. The van der Waals surface area contributed by atoms with Gasteiger partial charge in [0.2, 0.25) is 5.91 Å². The number of carbonyl (C=O) groups is 4. The number of unbranched alkanes of at least 4 members (excludes halogenated alkanes) is 4. The Bertz CT molecular complexity index is 1120. The van der Waals surface area contributed by atoms with Gasteiger partial charge in [0.05, 0.1) is 6.42 Å². The Hall–Kier alpha value is -2.22. The SMILES string of the molecule is CCCCCCCC(=O)SCC/C=C/[C@H](CC(=O)O)OC(=O)[C@@H](NC(=O)[C@]1(C)CSC(c2csc(CN)n2)=N1)C(C)C. The van der Waals surface area contributed by atoms with E-state index in [0.717, 1.165) is 24.3 Å². The Morgan fingerprint density at radius 1 is 1.24 bits per heavy atom. The van der Waals surface area contributed by atoms with Crippen LogP contribution in [0.2, 0.25) is 0 Å². The number of carboxylic acids is 1. The minimum absolute atomic E-state index is 0.154. The molecule has 234 valence electrons. The molecule has 1 aliphatic rings. The number of nitrogens with one attached hydrogen (secondary N) is 1. The Kier molecular flexibility index (Phi) is 15.8. The fraction of sp³-hybridized carbons (Fsp3) is 0.655. The van der Waals surface area contributed by atoms with Gasteiger partial charge < -0.3 is 20.9 Å². The van der Waals surface area contributed by atoms with E-state index >= 15 is 0 Å². The number of rotatable bonds is 19. The van der Waals surface area contributed by atoms with Gasteiger partial charge >= 0.3 is 11.9 Å². The minimum Gasteiger partial charge on any atom is -0.481 e. The highest BCUT2D eigenvalue weighted by atomic mass is 32.2. The van der Waals surface area contributed by atoms with Crippen molar-refractivity contribution >= 4 is 62.9 Å². The number of thioether (sulfide) groups is 2. The van der Waals surface area contributed by atoms with Crippen molar-refractivity contribution in [1.29, 1.82) is 0 Å². The highest BCUT2D eigenvalue weighted by Crippen LogP contribution is 2.32. The van der Waals surface area contributed by atoms with E-state index in [0.29, 0.717) is 41.6 Å². The maximum atomic E-state index is 13.3. The first-order valence-corrected chi connectivity index (χ1v) is 17.3. The molecule has 2 rings (SSSR count). The number of hydrogen-bond acceptors (Lipinski definition) is 11. The number of carboxylic acid groups (broad SMARTS) is 1. The molecule has 2 heterocycles. The van der Waals surface area contributed by atoms with Crippen molar-refractivity contribution in [1.82, 2.24) is 10.3 Å². The molecule has 4 N–H and O–H groups in total. The summed E-state index contributed by atoms with van der Waals surface area (Å²) in [6.07, 6.45) is 8.42. The van der Waals surface area contributed by atoms with Crippen molar-refractivity contribution in [2.75, 3.05) is 11.5 Å². The molecule has 0 aromatic carbocycles. The molecule has 10 nitrogen and oxygen atoms in total. The first kappa shape index (κ1) is 36.0. The third-order valence-corrected chi connectivity index (χ3v) is 9.62. The maximum absolute atomic E-state index is 13.3. The number of aliphatic imine (C=N–C) groups is 1. The Morgan fingerprint density at radius 2 is 1.98 bits per heavy atom. The van der Waals surface area contributed by atoms with E-state index in [1.54, 1.807) is 26.8 Å². The van der Waals surface area contributed by atoms with E-state index in [1.807, 2.05) is 5.38 Å². The first-order chi connectivity index (χ1) is 20.0. The number of carbonyl (C=O) groups excluding carboxylic acids is 3. The smallest absolute Gasteiger partial charge is 0.329 e. The molecule has 0 radical (unpaired) electrons. The van der Waals surface area contributed by atoms with Crippen LogP contribution in [0.25, 0.3) is 0 Å². The number of nitrogens with zero attached hydrogens (tertiary/aromatic N) is 2. The van der Waals surface area contributed by atoms with Crippen LogP contribution in [0.15, 0.2) is 22.5 Å². The fourth-order valence-corrected chi connectivity index (χ4v) is 6.66. The summed E-state index contributed by atoms with van der Waals surface area (Å²) in [5.41, 5.74) is 5.23. The summed E-state index contributed by atoms with van der Waals surface area (Å²) in [6, 6.07) is -0.989. The van der Waals surface area contributed by atoms with Gasteiger partial charge in [-0.05, 0) is 31.8 Å². The summed E-state index contributed by atoms with van der Waals surface area (Å²) in [5, 5.41) is 15.6. The Morgan fingerprint density at radius 3 is 2.62 bits per heavy atom. The molecule has 13 heteroatoms. The number of thiazole rings is 1. The molecular formula is C29H44N4O6S3. The molecule has 0 fully saturated rings. The van der Waals surface area contributed by atoms with Gasteiger partial charge in [-0.3, -0.25) is 19.4 Å². The molecule has 0 unspecified atom stereocenters. The monoisotopic (exact) mass is 640 g/mol. The highest BCUT2D eigenvalue weighted by molar-refractivity contribution is 8.14. The molecule has 0 bridgehead atoms. The van der Waals surface area contributed by atoms with E-state index in [2.05, 4.69) is 22.2 Å². The summed E-state index contributed by atoms with van der Waals surface area (Å²) >= 11 is 4.11. The number of aromatic nitrogens is 1. The lowest BCUT2D eigenvalue weighted by Crippen LogP contribution is -2.53. The highest BCUT2D eigenvalue weighted by Gasteiger charge is 2.41. The maximum Gasteiger partial charge on any atom is 0.329 e. The minimum atomic E-state index is -1.12. The zero-order valence-electron chi connectivity index (χ0n) is 24.9. The predicted molar refractivity (Wildman–Crippen MR) is 171 cm³/mol. The van der Waals surface area contributed by atoms with Crippen molar-refractivity contribution in [3.8, 4) is 0 Å². The summed E-state index contributed by atoms with van der Waals surface area (Å²) in [7, 11) is 0. The zero-order valence-corrected chi connectivity index (χ0v) is 27.4. The lowest BCUT2D eigenvalue weighted by Gasteiger charge is -2.27. The topological polar surface area (TPSA) is 161 Å². The van der Waals surface area contributed by atoms with E-state index in [1.165, 1.54) is 53.8 Å². The molecule has 1 aromatic heterocycles. The lowest BCUT2D eigenvalue weighted by molar-refractivity contribution is -0.155. The molecule has 1 aliphatic heterocycles. The number of esters is 1. The van der Waals surface area contributed by atoms with Crippen LogP contribution >= 0.6 is 34.9 Å². The van der Waals surface area contributed by atoms with Crippen LogP contribution in [0.3, 0.4) is 0 Å². The predicted octanol–water partition coefficient (Wildman–Crippen LogP) is 4.95. The molecule has 42 heavy (non-hydrogen) atoms. The van der Waals surface area contributed by atoms with Crippen LogP contribution in [0, 0.1) is 5.92 Å². The zero-order chi connectivity index (χ0) is 31.1. The number of hydrogen-bond donors (Lipinski definition) is 3. The molecule has 1 amide bonds. The number of nitrogens with two attached hydrogens (primary N) is 1. The van der Waals surface area contributed by atoms with Crippen molar-refractivity contribution in [3.63, 3.8) is 0 Å². The number of ether oxygens (including phenoxy) is 1. The van der Waals surface area contributed by atoms with E-state index in [9.17, 15) is 24.3 Å². The third kappa shape index (κ3) is 12.2. The summed E-state index contributed by atoms with van der Waals surface area (Å²) < 4.78 is 5.54. The van der Waals surface area contributed by atoms with Crippen molar-refractivity contribution in [2.45, 2.75) is 103 Å². The molecule has 0 spiro atoms. The van der Waals surface area contributed by atoms with Gasteiger partial charge in [0.25, 0.3) is 0 Å². The van der Waals surface area contributed by atoms with Gasteiger partial charge in [-0.1, -0.05) is 64.3 Å². The second-order valence-corrected chi connectivity index (χ2v) is 13.7. The Labute approximate surface area is 261 Å². The van der Waals surface area contributed by atoms with Crippen molar-refractivity contribution < 1.29 is 29.0 Å². The average Bonchev–Trinajstić information content (AvgIpc) is 3.58. The van der Waals surface area contributed by atoms with E-state index < -0.39 is 42.0 Å². The van der Waals surface area contributed by atoms with Gasteiger partial charge in [-0.25, -0.2) is 9.78 Å². The number of amides is 1. The molecule has 3 atom stereocenters. The standard InChI is InChI=1S/C29H44N4O6S3/c1-5-6-7-8-9-13-24(36)40-14-11-10-12-20(15-23(34)35)39-27(37)25(19(2)3)32-28(38)29(4)18-42-26(33-29)21-17-41-22(16-30)31-21/h10,12,17,19-20,25H,5-9,11,13-16,18,30H2,1-4H3,(H,32,38)(H,34,35)/b12-10+/t20-,25+,29+/m1/s1. The number of allylic oxidation sites excluding steroid dienone is 1. The van der Waals surface area contributed by atoms with Gasteiger partial charge in [0, 0.05) is 29.9 Å². The van der Waals surface area contributed by atoms with Crippen LogP contribution in [0.1, 0.15) is 89.8 Å². The van der Waals surface area contributed by atoms with Gasteiger partial charge in [0.15, 0.2) is 5.12 Å². The van der Waals surface area contributed by atoms with E-state index in [-0.39, 0.29) is 11.0 Å². The normalized spacial score (nSPS) is 18.2. The average molecular weight is 641 g/mol.